The first-order valence-electron chi connectivity index (χ1n) is 4.67. The molecule has 2 aliphatic rings. The highest BCUT2D eigenvalue weighted by molar-refractivity contribution is 4.91. The molecule has 0 aromatic heterocycles. The normalized spacial score (nSPS) is 46.5. The summed E-state index contributed by atoms with van der Waals surface area (Å²) < 4.78 is 11.2. The maximum absolute atomic E-state index is 8.80. The molecule has 0 saturated carbocycles. The number of fused-ring (bicyclic) bond motifs is 1. The summed E-state index contributed by atoms with van der Waals surface area (Å²) in [4.78, 5) is 0. The van der Waals surface area contributed by atoms with Gasteiger partial charge in [0.15, 0.2) is 0 Å². The van der Waals surface area contributed by atoms with Gasteiger partial charge < -0.3 is 14.6 Å². The van der Waals surface area contributed by atoms with Gasteiger partial charge in [-0.15, -0.1) is 0 Å². The molecular formula is C9H16O3. The van der Waals surface area contributed by atoms with Gasteiger partial charge in [-0.2, -0.15) is 0 Å². The van der Waals surface area contributed by atoms with Gasteiger partial charge in [-0.05, 0) is 6.42 Å². The Morgan fingerprint density at radius 2 is 2.00 bits per heavy atom. The molecule has 0 aromatic carbocycles. The second-order valence-electron chi connectivity index (χ2n) is 3.85. The quantitative estimate of drug-likeness (QED) is 0.656. The molecule has 0 amide bonds. The summed E-state index contributed by atoms with van der Waals surface area (Å²) >= 11 is 0. The van der Waals surface area contributed by atoms with E-state index in [4.69, 9.17) is 14.6 Å². The highest BCUT2D eigenvalue weighted by Crippen LogP contribution is 2.35. The van der Waals surface area contributed by atoms with E-state index in [1.165, 1.54) is 0 Å². The van der Waals surface area contributed by atoms with Gasteiger partial charge in [-0.1, -0.05) is 6.92 Å². The van der Waals surface area contributed by atoms with E-state index in [1.54, 1.807) is 0 Å². The van der Waals surface area contributed by atoms with Crippen molar-refractivity contribution in [2.45, 2.75) is 25.6 Å². The summed E-state index contributed by atoms with van der Waals surface area (Å²) in [7, 11) is 0. The Kier molecular flexibility index (Phi) is 2.35. The minimum Gasteiger partial charge on any atom is -0.396 e. The third-order valence-electron chi connectivity index (χ3n) is 2.90. The minimum absolute atomic E-state index is 0.245. The minimum atomic E-state index is 0.245. The van der Waals surface area contributed by atoms with Crippen molar-refractivity contribution in [3.63, 3.8) is 0 Å². The molecule has 2 saturated heterocycles. The second-order valence-corrected chi connectivity index (χ2v) is 3.85. The monoisotopic (exact) mass is 172 g/mol. The van der Waals surface area contributed by atoms with Gasteiger partial charge in [-0.3, -0.25) is 0 Å². The Morgan fingerprint density at radius 3 is 2.75 bits per heavy atom. The van der Waals surface area contributed by atoms with E-state index in [2.05, 4.69) is 6.92 Å². The third kappa shape index (κ3) is 1.26. The standard InChI is InChI=1S/C9H16O3/c1-6-4-11-9-7(2-3-10)5-12-8(6)9/h6-10H,2-5H2,1H3/t6-,7?,8-,9-/m1/s1. The molecule has 0 bridgehead atoms. The summed E-state index contributed by atoms with van der Waals surface area (Å²) in [5.74, 6) is 0.948. The number of hydrogen-bond acceptors (Lipinski definition) is 3. The van der Waals surface area contributed by atoms with Crippen LogP contribution in [-0.2, 0) is 9.47 Å². The van der Waals surface area contributed by atoms with Crippen LogP contribution >= 0.6 is 0 Å². The molecular weight excluding hydrogens is 156 g/mol. The van der Waals surface area contributed by atoms with Crippen LogP contribution in [0.15, 0.2) is 0 Å². The van der Waals surface area contributed by atoms with E-state index in [0.29, 0.717) is 17.9 Å². The second kappa shape index (κ2) is 3.32. The molecule has 12 heavy (non-hydrogen) atoms. The van der Waals surface area contributed by atoms with E-state index in [9.17, 15) is 0 Å². The van der Waals surface area contributed by atoms with Crippen molar-refractivity contribution in [1.29, 1.82) is 0 Å². The zero-order valence-electron chi connectivity index (χ0n) is 7.40. The van der Waals surface area contributed by atoms with E-state index in [-0.39, 0.29) is 12.7 Å². The molecule has 2 rings (SSSR count). The van der Waals surface area contributed by atoms with Crippen LogP contribution < -0.4 is 0 Å². The van der Waals surface area contributed by atoms with Crippen molar-refractivity contribution >= 4 is 0 Å². The Labute approximate surface area is 72.7 Å². The molecule has 2 fully saturated rings. The molecule has 4 atom stereocenters. The van der Waals surface area contributed by atoms with Gasteiger partial charge in [0.05, 0.1) is 25.4 Å². The zero-order chi connectivity index (χ0) is 8.55. The van der Waals surface area contributed by atoms with Gasteiger partial charge in [-0.25, -0.2) is 0 Å². The van der Waals surface area contributed by atoms with Crippen molar-refractivity contribution in [1.82, 2.24) is 0 Å². The first kappa shape index (κ1) is 8.48. The molecule has 1 unspecified atom stereocenters. The van der Waals surface area contributed by atoms with Crippen LogP contribution in [0.25, 0.3) is 0 Å². The zero-order valence-corrected chi connectivity index (χ0v) is 7.40. The average Bonchev–Trinajstić information content (AvgIpc) is 2.58. The van der Waals surface area contributed by atoms with E-state index in [0.717, 1.165) is 19.6 Å². The fourth-order valence-corrected chi connectivity index (χ4v) is 2.18. The van der Waals surface area contributed by atoms with E-state index in [1.807, 2.05) is 0 Å². The van der Waals surface area contributed by atoms with Crippen LogP contribution in [0.4, 0.5) is 0 Å². The molecule has 2 aliphatic heterocycles. The van der Waals surface area contributed by atoms with Crippen molar-refractivity contribution in [2.75, 3.05) is 19.8 Å². The summed E-state index contributed by atoms with van der Waals surface area (Å²) in [6, 6.07) is 0. The lowest BCUT2D eigenvalue weighted by atomic mass is 9.95. The molecule has 0 radical (unpaired) electrons. The number of rotatable bonds is 2. The van der Waals surface area contributed by atoms with Crippen LogP contribution in [0.5, 0.6) is 0 Å². The van der Waals surface area contributed by atoms with Crippen molar-refractivity contribution < 1.29 is 14.6 Å². The number of ether oxygens (including phenoxy) is 2. The van der Waals surface area contributed by atoms with Gasteiger partial charge in [0.2, 0.25) is 0 Å². The predicted molar refractivity (Wildman–Crippen MR) is 43.8 cm³/mol. The Bertz CT molecular complexity index is 160. The fourth-order valence-electron chi connectivity index (χ4n) is 2.18. The lowest BCUT2D eigenvalue weighted by molar-refractivity contribution is 0.0581. The lowest BCUT2D eigenvalue weighted by Gasteiger charge is -2.14. The van der Waals surface area contributed by atoms with Gasteiger partial charge in [0.25, 0.3) is 0 Å². The third-order valence-corrected chi connectivity index (χ3v) is 2.90. The average molecular weight is 172 g/mol. The Morgan fingerprint density at radius 1 is 1.25 bits per heavy atom. The summed E-state index contributed by atoms with van der Waals surface area (Å²) in [6.07, 6.45) is 1.36. The SMILES string of the molecule is C[C@@H]1CO[C@@H]2C(CCO)CO[C@H]12. The summed E-state index contributed by atoms with van der Waals surface area (Å²) in [6.45, 7) is 3.98. The number of hydrogen-bond donors (Lipinski definition) is 1. The van der Waals surface area contributed by atoms with E-state index < -0.39 is 0 Å². The van der Waals surface area contributed by atoms with Crippen LogP contribution in [-0.4, -0.2) is 37.1 Å². The fraction of sp³-hybridized carbons (Fsp3) is 1.00. The molecule has 2 heterocycles. The van der Waals surface area contributed by atoms with Crippen LogP contribution in [0.1, 0.15) is 13.3 Å². The van der Waals surface area contributed by atoms with E-state index >= 15 is 0 Å². The molecule has 0 spiro atoms. The molecule has 3 nitrogen and oxygen atoms in total. The Balaban J connectivity index is 1.96. The molecule has 0 aliphatic carbocycles. The van der Waals surface area contributed by atoms with Crippen LogP contribution in [0.2, 0.25) is 0 Å². The largest absolute Gasteiger partial charge is 0.396 e. The predicted octanol–water partition coefficient (Wildman–Crippen LogP) is 0.419. The maximum atomic E-state index is 8.80. The summed E-state index contributed by atoms with van der Waals surface area (Å²) in [5.41, 5.74) is 0. The highest BCUT2D eigenvalue weighted by Gasteiger charge is 2.45. The van der Waals surface area contributed by atoms with Gasteiger partial charge in [0, 0.05) is 18.4 Å². The lowest BCUT2D eigenvalue weighted by Crippen LogP contribution is -2.25. The van der Waals surface area contributed by atoms with Gasteiger partial charge >= 0.3 is 0 Å². The van der Waals surface area contributed by atoms with Crippen LogP contribution in [0.3, 0.4) is 0 Å². The first-order chi connectivity index (χ1) is 5.83. The maximum Gasteiger partial charge on any atom is 0.0891 e. The smallest absolute Gasteiger partial charge is 0.0891 e. The van der Waals surface area contributed by atoms with Crippen LogP contribution in [0, 0.1) is 11.8 Å². The van der Waals surface area contributed by atoms with Crippen molar-refractivity contribution in [2.24, 2.45) is 11.8 Å². The number of aliphatic hydroxyl groups is 1. The van der Waals surface area contributed by atoms with Gasteiger partial charge in [0.1, 0.15) is 0 Å². The first-order valence-corrected chi connectivity index (χ1v) is 4.67. The topological polar surface area (TPSA) is 38.7 Å². The highest BCUT2D eigenvalue weighted by atomic mass is 16.6. The van der Waals surface area contributed by atoms with Crippen molar-refractivity contribution in [3.8, 4) is 0 Å². The molecule has 1 N–H and O–H groups in total. The Hall–Kier alpha value is -0.120. The molecule has 3 heteroatoms. The molecule has 70 valence electrons. The van der Waals surface area contributed by atoms with Crippen molar-refractivity contribution in [3.05, 3.63) is 0 Å². The summed E-state index contributed by atoms with van der Waals surface area (Å²) in [5, 5.41) is 8.80. The molecule has 0 aromatic rings. The number of aliphatic hydroxyl groups excluding tert-OH is 1.